The van der Waals surface area contributed by atoms with E-state index in [9.17, 15) is 4.79 Å². The van der Waals surface area contributed by atoms with Gasteiger partial charge >= 0.3 is 0 Å². The third kappa shape index (κ3) is 4.05. The number of nitriles is 1. The summed E-state index contributed by atoms with van der Waals surface area (Å²) < 4.78 is 0. The van der Waals surface area contributed by atoms with E-state index < -0.39 is 0 Å². The number of nitrogens with one attached hydrogen (secondary N) is 1. The number of benzene rings is 1. The standard InChI is InChI=1S/C17H23N3O/c1-12-8-13(2)11-20(10-12)14(3)17(21)19-16-6-4-15(9-18)5-7-16/h4-7,12-14H,8,10-11H2,1-3H3,(H,19,21). The van der Waals surface area contributed by atoms with Gasteiger partial charge in [-0.25, -0.2) is 0 Å². The zero-order chi connectivity index (χ0) is 15.4. The van der Waals surface area contributed by atoms with Gasteiger partial charge in [-0.1, -0.05) is 13.8 Å². The van der Waals surface area contributed by atoms with Crippen LogP contribution in [0.25, 0.3) is 0 Å². The van der Waals surface area contributed by atoms with Gasteiger partial charge in [-0.2, -0.15) is 5.26 Å². The summed E-state index contributed by atoms with van der Waals surface area (Å²) in [7, 11) is 0. The Balaban J connectivity index is 1.97. The normalized spacial score (nSPS) is 24.1. The van der Waals surface area contributed by atoms with Crippen LogP contribution in [-0.4, -0.2) is 29.9 Å². The molecule has 0 spiro atoms. The van der Waals surface area contributed by atoms with Crippen LogP contribution in [0, 0.1) is 23.2 Å². The van der Waals surface area contributed by atoms with Crippen molar-refractivity contribution in [2.24, 2.45) is 11.8 Å². The monoisotopic (exact) mass is 285 g/mol. The lowest BCUT2D eigenvalue weighted by Crippen LogP contribution is -2.48. The van der Waals surface area contributed by atoms with Crippen LogP contribution in [0.4, 0.5) is 5.69 Å². The molecule has 1 heterocycles. The van der Waals surface area contributed by atoms with Crippen molar-refractivity contribution in [1.29, 1.82) is 5.26 Å². The minimum Gasteiger partial charge on any atom is -0.325 e. The molecule has 4 heteroatoms. The summed E-state index contributed by atoms with van der Waals surface area (Å²) in [4.78, 5) is 14.6. The SMILES string of the molecule is CC1CC(C)CN(C(C)C(=O)Nc2ccc(C#N)cc2)C1. The molecule has 0 radical (unpaired) electrons. The van der Waals surface area contributed by atoms with Gasteiger partial charge in [0.2, 0.25) is 5.91 Å². The van der Waals surface area contributed by atoms with E-state index in [0.717, 1.165) is 18.8 Å². The first kappa shape index (κ1) is 15.5. The summed E-state index contributed by atoms with van der Waals surface area (Å²) in [6.45, 7) is 8.41. The molecule has 4 nitrogen and oxygen atoms in total. The van der Waals surface area contributed by atoms with E-state index in [1.807, 2.05) is 6.92 Å². The first-order chi connectivity index (χ1) is 9.99. The van der Waals surface area contributed by atoms with Crippen LogP contribution in [0.15, 0.2) is 24.3 Å². The Morgan fingerprint density at radius 3 is 2.38 bits per heavy atom. The topological polar surface area (TPSA) is 56.1 Å². The van der Waals surface area contributed by atoms with Crippen LogP contribution in [0.5, 0.6) is 0 Å². The van der Waals surface area contributed by atoms with E-state index in [1.165, 1.54) is 6.42 Å². The fourth-order valence-electron chi connectivity index (χ4n) is 3.07. The van der Waals surface area contributed by atoms with Crippen LogP contribution in [0.3, 0.4) is 0 Å². The van der Waals surface area contributed by atoms with Crippen LogP contribution in [0.2, 0.25) is 0 Å². The molecule has 2 rings (SSSR count). The fourth-order valence-corrected chi connectivity index (χ4v) is 3.07. The number of hydrogen-bond acceptors (Lipinski definition) is 3. The van der Waals surface area contributed by atoms with E-state index in [2.05, 4.69) is 30.1 Å². The Bertz CT molecular complexity index is 522. The van der Waals surface area contributed by atoms with Crippen LogP contribution < -0.4 is 5.32 Å². The van der Waals surface area contributed by atoms with Crippen LogP contribution in [0.1, 0.15) is 32.8 Å². The average molecular weight is 285 g/mol. The highest BCUT2D eigenvalue weighted by Gasteiger charge is 2.28. The van der Waals surface area contributed by atoms with Gasteiger partial charge in [0, 0.05) is 18.8 Å². The molecule has 1 aromatic carbocycles. The highest BCUT2D eigenvalue weighted by atomic mass is 16.2. The van der Waals surface area contributed by atoms with E-state index in [0.29, 0.717) is 17.4 Å². The molecule has 112 valence electrons. The Kier molecular flexibility index (Phi) is 4.98. The number of carbonyl (C=O) groups excluding carboxylic acids is 1. The van der Waals surface area contributed by atoms with Gasteiger partial charge in [-0.3, -0.25) is 9.69 Å². The smallest absolute Gasteiger partial charge is 0.241 e. The highest BCUT2D eigenvalue weighted by Crippen LogP contribution is 2.23. The molecule has 3 atom stereocenters. The maximum atomic E-state index is 12.4. The lowest BCUT2D eigenvalue weighted by atomic mass is 9.91. The molecule has 1 N–H and O–H groups in total. The highest BCUT2D eigenvalue weighted by molar-refractivity contribution is 5.94. The largest absolute Gasteiger partial charge is 0.325 e. The van der Waals surface area contributed by atoms with Gasteiger partial charge in [0.05, 0.1) is 17.7 Å². The molecule has 1 fully saturated rings. The zero-order valence-corrected chi connectivity index (χ0v) is 13.0. The van der Waals surface area contributed by atoms with Gasteiger partial charge in [0.1, 0.15) is 0 Å². The lowest BCUT2D eigenvalue weighted by molar-refractivity contribution is -0.121. The van der Waals surface area contributed by atoms with Crippen molar-refractivity contribution in [3.05, 3.63) is 29.8 Å². The van der Waals surface area contributed by atoms with E-state index in [1.54, 1.807) is 24.3 Å². The van der Waals surface area contributed by atoms with E-state index in [4.69, 9.17) is 5.26 Å². The predicted octanol–water partition coefficient (Wildman–Crippen LogP) is 2.86. The molecule has 21 heavy (non-hydrogen) atoms. The van der Waals surface area contributed by atoms with Crippen molar-refractivity contribution in [2.75, 3.05) is 18.4 Å². The molecule has 0 aliphatic carbocycles. The van der Waals surface area contributed by atoms with Crippen molar-refractivity contribution < 1.29 is 4.79 Å². The summed E-state index contributed by atoms with van der Waals surface area (Å²) in [5, 5.41) is 11.7. The molecular formula is C17H23N3O. The lowest BCUT2D eigenvalue weighted by Gasteiger charge is -2.38. The second kappa shape index (κ2) is 6.73. The molecule has 1 aliphatic heterocycles. The molecule has 0 aromatic heterocycles. The third-order valence-electron chi connectivity index (χ3n) is 4.11. The van der Waals surface area contributed by atoms with Crippen molar-refractivity contribution in [1.82, 2.24) is 4.90 Å². The van der Waals surface area contributed by atoms with E-state index in [-0.39, 0.29) is 11.9 Å². The van der Waals surface area contributed by atoms with Gasteiger partial charge in [0.15, 0.2) is 0 Å². The van der Waals surface area contributed by atoms with Crippen molar-refractivity contribution >= 4 is 11.6 Å². The second-order valence-corrected chi connectivity index (χ2v) is 6.25. The Labute approximate surface area is 126 Å². The number of likely N-dealkylation sites (tertiary alicyclic amines) is 1. The molecule has 1 amide bonds. The maximum absolute atomic E-state index is 12.4. The summed E-state index contributed by atoms with van der Waals surface area (Å²) in [6, 6.07) is 8.90. The molecule has 0 bridgehead atoms. The number of carbonyl (C=O) groups is 1. The molecule has 1 aliphatic rings. The number of amides is 1. The Hall–Kier alpha value is -1.86. The molecule has 1 aromatic rings. The van der Waals surface area contributed by atoms with Crippen LogP contribution >= 0.6 is 0 Å². The van der Waals surface area contributed by atoms with E-state index >= 15 is 0 Å². The fraction of sp³-hybridized carbons (Fsp3) is 0.529. The van der Waals surface area contributed by atoms with Gasteiger partial charge in [-0.05, 0) is 49.4 Å². The average Bonchev–Trinajstić information content (AvgIpc) is 2.46. The zero-order valence-electron chi connectivity index (χ0n) is 13.0. The molecule has 1 saturated heterocycles. The maximum Gasteiger partial charge on any atom is 0.241 e. The van der Waals surface area contributed by atoms with Crippen molar-refractivity contribution in [2.45, 2.75) is 33.2 Å². The number of hydrogen-bond donors (Lipinski definition) is 1. The predicted molar refractivity (Wildman–Crippen MR) is 83.8 cm³/mol. The number of rotatable bonds is 3. The quantitative estimate of drug-likeness (QED) is 0.929. The molecule has 0 saturated carbocycles. The number of nitrogens with zero attached hydrogens (tertiary/aromatic N) is 2. The molecule has 3 unspecified atom stereocenters. The minimum atomic E-state index is -0.133. The Morgan fingerprint density at radius 2 is 1.86 bits per heavy atom. The van der Waals surface area contributed by atoms with Gasteiger partial charge in [0.25, 0.3) is 0 Å². The van der Waals surface area contributed by atoms with Gasteiger partial charge < -0.3 is 5.32 Å². The van der Waals surface area contributed by atoms with Crippen molar-refractivity contribution in [3.63, 3.8) is 0 Å². The summed E-state index contributed by atoms with van der Waals surface area (Å²) >= 11 is 0. The second-order valence-electron chi connectivity index (χ2n) is 6.25. The Morgan fingerprint density at radius 1 is 1.29 bits per heavy atom. The summed E-state index contributed by atoms with van der Waals surface area (Å²) in [6.07, 6.45) is 1.24. The van der Waals surface area contributed by atoms with Crippen LogP contribution in [-0.2, 0) is 4.79 Å². The first-order valence-corrected chi connectivity index (χ1v) is 7.54. The van der Waals surface area contributed by atoms with Gasteiger partial charge in [-0.15, -0.1) is 0 Å². The molecular weight excluding hydrogens is 262 g/mol. The number of piperidine rings is 1. The third-order valence-corrected chi connectivity index (χ3v) is 4.11. The summed E-state index contributed by atoms with van der Waals surface area (Å²) in [5.74, 6) is 1.29. The number of anilines is 1. The van der Waals surface area contributed by atoms with Crippen molar-refractivity contribution in [3.8, 4) is 6.07 Å². The first-order valence-electron chi connectivity index (χ1n) is 7.54. The minimum absolute atomic E-state index is 0.0148. The summed E-state index contributed by atoms with van der Waals surface area (Å²) in [5.41, 5.74) is 1.34.